The molecule has 76 valence electrons. The Balaban J connectivity index is 2.50. The summed E-state index contributed by atoms with van der Waals surface area (Å²) in [6, 6.07) is 8.56. The van der Waals surface area contributed by atoms with Crippen molar-refractivity contribution in [1.29, 1.82) is 0 Å². The van der Waals surface area contributed by atoms with Gasteiger partial charge in [0, 0.05) is 5.41 Å². The van der Waals surface area contributed by atoms with E-state index in [2.05, 4.69) is 74.6 Å². The highest BCUT2D eigenvalue weighted by Crippen LogP contribution is 2.30. The number of hydrogen-bond acceptors (Lipinski definition) is 0. The van der Waals surface area contributed by atoms with Crippen molar-refractivity contribution in [1.82, 2.24) is 0 Å². The number of aryl methyl sites for hydroxylation is 1. The van der Waals surface area contributed by atoms with Gasteiger partial charge in [0.2, 0.25) is 0 Å². The van der Waals surface area contributed by atoms with Crippen LogP contribution in [0, 0.1) is 6.92 Å². The van der Waals surface area contributed by atoms with E-state index in [1.165, 1.54) is 11.1 Å². The van der Waals surface area contributed by atoms with Crippen LogP contribution in [0.5, 0.6) is 0 Å². The van der Waals surface area contributed by atoms with Crippen LogP contribution in [0.2, 0.25) is 0 Å². The SMILES string of the molecule is Cc1ccccc1C1(C)C=CC=CC=C1. The second kappa shape index (κ2) is 3.90. The van der Waals surface area contributed by atoms with Crippen molar-refractivity contribution in [2.24, 2.45) is 0 Å². The van der Waals surface area contributed by atoms with Crippen LogP contribution in [0.15, 0.2) is 60.7 Å². The first-order chi connectivity index (χ1) is 7.22. The van der Waals surface area contributed by atoms with E-state index < -0.39 is 0 Å². The molecule has 2 rings (SSSR count). The summed E-state index contributed by atoms with van der Waals surface area (Å²) in [5, 5.41) is 0. The van der Waals surface area contributed by atoms with Crippen LogP contribution < -0.4 is 0 Å². The third-order valence-corrected chi connectivity index (χ3v) is 2.94. The lowest BCUT2D eigenvalue weighted by atomic mass is 9.80. The standard InChI is InChI=1S/C15H16/c1-13-9-5-6-10-14(13)15(2)11-7-3-4-8-12-15/h3-12H,1-2H3. The van der Waals surface area contributed by atoms with E-state index in [0.717, 1.165) is 0 Å². The maximum absolute atomic E-state index is 2.25. The third kappa shape index (κ3) is 1.94. The second-order valence-corrected chi connectivity index (χ2v) is 4.20. The molecule has 0 nitrogen and oxygen atoms in total. The van der Waals surface area contributed by atoms with E-state index in [1.807, 2.05) is 0 Å². The fourth-order valence-electron chi connectivity index (χ4n) is 2.05. The van der Waals surface area contributed by atoms with Gasteiger partial charge in [-0.25, -0.2) is 0 Å². The van der Waals surface area contributed by atoms with Gasteiger partial charge < -0.3 is 0 Å². The summed E-state index contributed by atoms with van der Waals surface area (Å²) >= 11 is 0. The van der Waals surface area contributed by atoms with Crippen molar-refractivity contribution >= 4 is 0 Å². The lowest BCUT2D eigenvalue weighted by Crippen LogP contribution is -2.16. The Morgan fingerprint density at radius 1 is 0.867 bits per heavy atom. The Morgan fingerprint density at radius 2 is 1.47 bits per heavy atom. The fourth-order valence-corrected chi connectivity index (χ4v) is 2.05. The van der Waals surface area contributed by atoms with Gasteiger partial charge in [0.1, 0.15) is 0 Å². The molecule has 0 fully saturated rings. The Morgan fingerprint density at radius 3 is 2.07 bits per heavy atom. The highest BCUT2D eigenvalue weighted by atomic mass is 14.2. The van der Waals surface area contributed by atoms with E-state index in [0.29, 0.717) is 0 Å². The van der Waals surface area contributed by atoms with Crippen molar-refractivity contribution in [3.63, 3.8) is 0 Å². The molecule has 0 spiro atoms. The molecule has 0 bridgehead atoms. The summed E-state index contributed by atoms with van der Waals surface area (Å²) in [4.78, 5) is 0. The van der Waals surface area contributed by atoms with E-state index in [1.54, 1.807) is 0 Å². The first-order valence-electron chi connectivity index (χ1n) is 5.32. The summed E-state index contributed by atoms with van der Waals surface area (Å²) in [6.45, 7) is 4.41. The van der Waals surface area contributed by atoms with E-state index in [9.17, 15) is 0 Å². The maximum atomic E-state index is 2.25. The van der Waals surface area contributed by atoms with Gasteiger partial charge in [-0.05, 0) is 25.0 Å². The third-order valence-electron chi connectivity index (χ3n) is 2.94. The van der Waals surface area contributed by atoms with Crippen molar-refractivity contribution in [3.05, 3.63) is 71.8 Å². The molecular formula is C15H16. The summed E-state index contributed by atoms with van der Waals surface area (Å²) in [7, 11) is 0. The first kappa shape index (κ1) is 9.97. The highest BCUT2D eigenvalue weighted by Gasteiger charge is 2.21. The van der Waals surface area contributed by atoms with Crippen LogP contribution in [-0.4, -0.2) is 0 Å². The van der Waals surface area contributed by atoms with Crippen LogP contribution in [0.1, 0.15) is 18.1 Å². The minimum atomic E-state index is 0.0227. The molecule has 0 radical (unpaired) electrons. The van der Waals surface area contributed by atoms with Crippen LogP contribution in [0.25, 0.3) is 0 Å². The van der Waals surface area contributed by atoms with Gasteiger partial charge in [0.25, 0.3) is 0 Å². The maximum Gasteiger partial charge on any atom is 0.0292 e. The van der Waals surface area contributed by atoms with E-state index in [-0.39, 0.29) is 5.41 Å². The zero-order chi connectivity index (χ0) is 10.7. The van der Waals surface area contributed by atoms with Gasteiger partial charge in [-0.3, -0.25) is 0 Å². The molecule has 0 unspecified atom stereocenters. The lowest BCUT2D eigenvalue weighted by molar-refractivity contribution is 0.751. The van der Waals surface area contributed by atoms with Crippen LogP contribution in [-0.2, 0) is 5.41 Å². The van der Waals surface area contributed by atoms with Crippen LogP contribution in [0.3, 0.4) is 0 Å². The Labute approximate surface area is 91.6 Å². The summed E-state index contributed by atoms with van der Waals surface area (Å²) in [5.41, 5.74) is 2.74. The Hall–Kier alpha value is -1.56. The molecule has 1 aromatic rings. The summed E-state index contributed by atoms with van der Waals surface area (Å²) in [6.07, 6.45) is 12.9. The molecule has 1 aliphatic carbocycles. The second-order valence-electron chi connectivity index (χ2n) is 4.20. The van der Waals surface area contributed by atoms with Crippen LogP contribution >= 0.6 is 0 Å². The molecule has 0 atom stereocenters. The quantitative estimate of drug-likeness (QED) is 0.638. The molecule has 0 amide bonds. The lowest BCUT2D eigenvalue weighted by Gasteiger charge is -2.24. The van der Waals surface area contributed by atoms with Crippen LogP contribution in [0.4, 0.5) is 0 Å². The molecule has 0 saturated heterocycles. The molecule has 0 heterocycles. The normalized spacial score (nSPS) is 17.7. The van der Waals surface area contributed by atoms with Crippen molar-refractivity contribution in [3.8, 4) is 0 Å². The monoisotopic (exact) mass is 196 g/mol. The largest absolute Gasteiger partial charge is 0.0704 e. The number of hydrogen-bond donors (Lipinski definition) is 0. The summed E-state index contributed by atoms with van der Waals surface area (Å²) in [5.74, 6) is 0. The summed E-state index contributed by atoms with van der Waals surface area (Å²) < 4.78 is 0. The van der Waals surface area contributed by atoms with E-state index >= 15 is 0 Å². The van der Waals surface area contributed by atoms with Gasteiger partial charge in [0.15, 0.2) is 0 Å². The fraction of sp³-hybridized carbons (Fsp3) is 0.200. The van der Waals surface area contributed by atoms with Gasteiger partial charge >= 0.3 is 0 Å². The topological polar surface area (TPSA) is 0 Å². The van der Waals surface area contributed by atoms with Gasteiger partial charge in [-0.2, -0.15) is 0 Å². The molecule has 1 aliphatic rings. The Kier molecular flexibility index (Phi) is 2.59. The smallest absolute Gasteiger partial charge is 0.0292 e. The number of allylic oxidation sites excluding steroid dienone is 6. The average Bonchev–Trinajstić information content (AvgIpc) is 2.44. The van der Waals surface area contributed by atoms with Crippen molar-refractivity contribution in [2.75, 3.05) is 0 Å². The predicted octanol–water partition coefficient (Wildman–Crippen LogP) is 3.93. The molecule has 15 heavy (non-hydrogen) atoms. The van der Waals surface area contributed by atoms with E-state index in [4.69, 9.17) is 0 Å². The molecule has 1 aromatic carbocycles. The molecule has 0 saturated carbocycles. The minimum Gasteiger partial charge on any atom is -0.0704 e. The minimum absolute atomic E-state index is 0.0227. The zero-order valence-electron chi connectivity index (χ0n) is 9.27. The predicted molar refractivity (Wildman–Crippen MR) is 66.0 cm³/mol. The molecule has 0 aliphatic heterocycles. The Bertz CT molecular complexity index is 417. The van der Waals surface area contributed by atoms with Gasteiger partial charge in [0.05, 0.1) is 0 Å². The zero-order valence-corrected chi connectivity index (χ0v) is 9.27. The molecule has 0 N–H and O–H groups in total. The van der Waals surface area contributed by atoms with Gasteiger partial charge in [-0.1, -0.05) is 60.7 Å². The molecule has 0 aromatic heterocycles. The average molecular weight is 196 g/mol. The molecule has 0 heteroatoms. The number of rotatable bonds is 1. The molecular weight excluding hydrogens is 180 g/mol. The van der Waals surface area contributed by atoms with Crippen molar-refractivity contribution < 1.29 is 0 Å². The van der Waals surface area contributed by atoms with Gasteiger partial charge in [-0.15, -0.1) is 0 Å². The first-order valence-corrected chi connectivity index (χ1v) is 5.32. The highest BCUT2D eigenvalue weighted by molar-refractivity contribution is 5.43. The van der Waals surface area contributed by atoms with Crippen molar-refractivity contribution in [2.45, 2.75) is 19.3 Å². The number of benzene rings is 1.